The molecule has 3 heteroatoms. The van der Waals surface area contributed by atoms with Gasteiger partial charge in [0.25, 0.3) is 0 Å². The lowest BCUT2D eigenvalue weighted by Crippen LogP contribution is -1.81. The number of H-pyrrole nitrogens is 1. The molecule has 1 heterocycles. The number of hydrogen-bond acceptors (Lipinski definition) is 1. The van der Waals surface area contributed by atoms with Gasteiger partial charge in [0.15, 0.2) is 0 Å². The monoisotopic (exact) mass is 142 g/mol. The summed E-state index contributed by atoms with van der Waals surface area (Å²) in [6, 6.07) is 0. The molecule has 0 radical (unpaired) electrons. The average molecular weight is 142 g/mol. The Kier molecular flexibility index (Phi) is 2.72. The molecular weight excluding hydrogens is 131 g/mol. The molecule has 9 heavy (non-hydrogen) atoms. The van der Waals surface area contributed by atoms with E-state index in [2.05, 4.69) is 16.4 Å². The average Bonchev–Trinajstić information content (AvgIpc) is 2.34. The zero-order valence-corrected chi connectivity index (χ0v) is 6.49. The third-order valence-corrected chi connectivity index (χ3v) is 1.86. The van der Waals surface area contributed by atoms with Gasteiger partial charge in [-0.05, 0) is 12.8 Å². The fourth-order valence-corrected chi connectivity index (χ4v) is 1.26. The third-order valence-electron chi connectivity index (χ3n) is 1.25. The fraction of sp³-hybridized carbons (Fsp3) is 0.667. The summed E-state index contributed by atoms with van der Waals surface area (Å²) in [4.78, 5) is 0. The first kappa shape index (κ1) is 6.76. The second-order valence-electron chi connectivity index (χ2n) is 2.07. The highest BCUT2D eigenvalue weighted by Crippen LogP contribution is 2.03. The summed E-state index contributed by atoms with van der Waals surface area (Å²) in [7, 11) is 0.999. The van der Waals surface area contributed by atoms with E-state index in [-0.39, 0.29) is 0 Å². The summed E-state index contributed by atoms with van der Waals surface area (Å²) >= 11 is 0. The van der Waals surface area contributed by atoms with Crippen molar-refractivity contribution >= 4 is 8.51 Å². The van der Waals surface area contributed by atoms with Gasteiger partial charge in [-0.15, -0.1) is 0 Å². The summed E-state index contributed by atoms with van der Waals surface area (Å²) in [6.07, 6.45) is 5.64. The minimum atomic E-state index is 0.999. The Morgan fingerprint density at radius 2 is 2.67 bits per heavy atom. The molecule has 1 rings (SSSR count). The highest BCUT2D eigenvalue weighted by Gasteiger charge is 1.91. The number of aromatic amines is 1. The lowest BCUT2D eigenvalue weighted by atomic mass is 10.2. The van der Waals surface area contributed by atoms with Gasteiger partial charge in [0.2, 0.25) is 0 Å². The lowest BCUT2D eigenvalue weighted by Gasteiger charge is -1.88. The molecule has 0 aliphatic rings. The van der Waals surface area contributed by atoms with E-state index in [0.29, 0.717) is 0 Å². The van der Waals surface area contributed by atoms with Gasteiger partial charge in [0.05, 0.1) is 5.69 Å². The highest BCUT2D eigenvalue weighted by atomic mass is 31.1. The molecule has 0 saturated carbocycles. The van der Waals surface area contributed by atoms with Crippen molar-refractivity contribution in [1.82, 2.24) is 9.49 Å². The van der Waals surface area contributed by atoms with Crippen LogP contribution in [0.1, 0.15) is 25.5 Å². The molecule has 0 spiro atoms. The Balaban J connectivity index is 2.30. The van der Waals surface area contributed by atoms with E-state index in [1.807, 2.05) is 6.20 Å². The SMILES string of the molecule is CCCCc1c[nH]pn1. The minimum absolute atomic E-state index is 0.999. The smallest absolute Gasteiger partial charge is 0.129 e. The second-order valence-corrected chi connectivity index (χ2v) is 2.73. The van der Waals surface area contributed by atoms with Crippen molar-refractivity contribution in [3.05, 3.63) is 11.9 Å². The van der Waals surface area contributed by atoms with Crippen LogP contribution in [0.3, 0.4) is 0 Å². The first-order valence-electron chi connectivity index (χ1n) is 3.29. The van der Waals surface area contributed by atoms with Gasteiger partial charge in [-0.2, -0.15) is 0 Å². The van der Waals surface area contributed by atoms with Crippen LogP contribution in [0.25, 0.3) is 0 Å². The molecular formula is C6H11N2P. The van der Waals surface area contributed by atoms with Crippen molar-refractivity contribution in [1.29, 1.82) is 0 Å². The quantitative estimate of drug-likeness (QED) is 0.689. The largest absolute Gasteiger partial charge is 0.328 e. The highest BCUT2D eigenvalue weighted by molar-refractivity contribution is 7.20. The van der Waals surface area contributed by atoms with E-state index in [1.54, 1.807) is 0 Å². The molecule has 0 atom stereocenters. The van der Waals surface area contributed by atoms with E-state index in [9.17, 15) is 0 Å². The summed E-state index contributed by atoms with van der Waals surface area (Å²) in [5.41, 5.74) is 1.22. The number of aromatic nitrogens is 2. The molecule has 0 amide bonds. The van der Waals surface area contributed by atoms with Crippen molar-refractivity contribution in [2.75, 3.05) is 0 Å². The summed E-state index contributed by atoms with van der Waals surface area (Å²) in [6.45, 7) is 2.20. The maximum absolute atomic E-state index is 4.20. The van der Waals surface area contributed by atoms with E-state index < -0.39 is 0 Å². The van der Waals surface area contributed by atoms with Gasteiger partial charge in [-0.25, -0.2) is 4.75 Å². The summed E-state index contributed by atoms with van der Waals surface area (Å²) in [5.74, 6) is 0. The third kappa shape index (κ3) is 2.15. The number of nitrogens with one attached hydrogen (secondary N) is 1. The van der Waals surface area contributed by atoms with Crippen LogP contribution in [-0.4, -0.2) is 9.49 Å². The van der Waals surface area contributed by atoms with Crippen molar-refractivity contribution in [2.24, 2.45) is 0 Å². The normalized spacial score (nSPS) is 10.8. The molecule has 0 aromatic carbocycles. The molecule has 50 valence electrons. The van der Waals surface area contributed by atoms with Crippen LogP contribution in [0, 0.1) is 0 Å². The molecule has 0 aliphatic heterocycles. The molecule has 1 N–H and O–H groups in total. The summed E-state index contributed by atoms with van der Waals surface area (Å²) < 4.78 is 7.22. The molecule has 0 aliphatic carbocycles. The van der Waals surface area contributed by atoms with Crippen LogP contribution in [-0.2, 0) is 6.42 Å². The lowest BCUT2D eigenvalue weighted by molar-refractivity contribution is 0.783. The van der Waals surface area contributed by atoms with Gasteiger partial charge in [-0.1, -0.05) is 13.3 Å². The number of nitrogens with zero attached hydrogens (tertiary/aromatic N) is 1. The minimum Gasteiger partial charge on any atom is -0.328 e. The maximum atomic E-state index is 4.20. The molecule has 0 bridgehead atoms. The van der Waals surface area contributed by atoms with Crippen molar-refractivity contribution in [3.8, 4) is 0 Å². The predicted octanol–water partition coefficient (Wildman–Crippen LogP) is 2.33. The van der Waals surface area contributed by atoms with E-state index in [4.69, 9.17) is 0 Å². The van der Waals surface area contributed by atoms with Crippen LogP contribution >= 0.6 is 8.51 Å². The van der Waals surface area contributed by atoms with E-state index in [1.165, 1.54) is 18.5 Å². The topological polar surface area (TPSA) is 28.7 Å². The van der Waals surface area contributed by atoms with Crippen LogP contribution in [0.5, 0.6) is 0 Å². The molecule has 1 aromatic rings. The molecule has 1 aromatic heterocycles. The van der Waals surface area contributed by atoms with Crippen LogP contribution in [0.2, 0.25) is 0 Å². The first-order chi connectivity index (χ1) is 4.43. The van der Waals surface area contributed by atoms with Crippen molar-refractivity contribution in [3.63, 3.8) is 0 Å². The second kappa shape index (κ2) is 3.62. The predicted molar refractivity (Wildman–Crippen MR) is 39.7 cm³/mol. The number of aryl methyl sites for hydroxylation is 1. The van der Waals surface area contributed by atoms with Gasteiger partial charge in [0, 0.05) is 6.20 Å². The van der Waals surface area contributed by atoms with Crippen molar-refractivity contribution < 1.29 is 0 Å². The first-order valence-corrected chi connectivity index (χ1v) is 4.13. The maximum Gasteiger partial charge on any atom is 0.129 e. The van der Waals surface area contributed by atoms with Crippen LogP contribution < -0.4 is 0 Å². The summed E-state index contributed by atoms with van der Waals surface area (Å²) in [5, 5.41) is 0. The standard InChI is InChI=1S/C6H11N2P/c1-2-3-4-6-5-7-9-8-6/h5H,2-4H2,1H3,(H,7,8). The Morgan fingerprint density at radius 1 is 1.78 bits per heavy atom. The number of hydrogen-bond donors (Lipinski definition) is 1. The Labute approximate surface area is 56.9 Å². The molecule has 2 nitrogen and oxygen atoms in total. The van der Waals surface area contributed by atoms with Crippen LogP contribution in [0.4, 0.5) is 0 Å². The Bertz CT molecular complexity index is 148. The van der Waals surface area contributed by atoms with Gasteiger partial charge >= 0.3 is 0 Å². The van der Waals surface area contributed by atoms with E-state index >= 15 is 0 Å². The zero-order chi connectivity index (χ0) is 6.53. The van der Waals surface area contributed by atoms with Gasteiger partial charge in [0.1, 0.15) is 8.51 Å². The Hall–Kier alpha value is -0.360. The fourth-order valence-electron chi connectivity index (χ4n) is 0.705. The molecule has 0 saturated heterocycles. The Morgan fingerprint density at radius 3 is 3.22 bits per heavy atom. The number of rotatable bonds is 3. The van der Waals surface area contributed by atoms with Gasteiger partial charge < -0.3 is 4.75 Å². The zero-order valence-electron chi connectivity index (χ0n) is 5.59. The number of unbranched alkanes of at least 4 members (excludes halogenated alkanes) is 1. The van der Waals surface area contributed by atoms with Gasteiger partial charge in [-0.3, -0.25) is 0 Å². The van der Waals surface area contributed by atoms with Crippen molar-refractivity contribution in [2.45, 2.75) is 26.2 Å². The van der Waals surface area contributed by atoms with Crippen LogP contribution in [0.15, 0.2) is 6.20 Å². The molecule has 0 fully saturated rings. The van der Waals surface area contributed by atoms with E-state index in [0.717, 1.165) is 14.9 Å². The molecule has 0 unspecified atom stereocenters.